The largest absolute Gasteiger partial charge is 0.497 e. The van der Waals surface area contributed by atoms with Crippen molar-refractivity contribution in [1.82, 2.24) is 5.01 Å². The lowest BCUT2D eigenvalue weighted by molar-refractivity contribution is -0.0203. The zero-order chi connectivity index (χ0) is 20.7. The standard InChI is InChI=1S/C24H21ClN2O3/c1-28-17-11-12-19(23(13-17)29-2)24-27-21(18-5-3-4-6-22(18)30-24)14-20(26-27)15-7-9-16(25)10-8-15/h3-13,21,24H,14H2,1-2H3. The van der Waals surface area contributed by atoms with Gasteiger partial charge in [-0.3, -0.25) is 0 Å². The quantitative estimate of drug-likeness (QED) is 0.551. The van der Waals surface area contributed by atoms with E-state index in [9.17, 15) is 0 Å². The predicted octanol–water partition coefficient (Wildman–Crippen LogP) is 5.60. The van der Waals surface area contributed by atoms with Crippen molar-refractivity contribution < 1.29 is 14.2 Å². The molecule has 5 rings (SSSR count). The number of rotatable bonds is 4. The molecular weight excluding hydrogens is 400 g/mol. The van der Waals surface area contributed by atoms with Gasteiger partial charge in [-0.25, -0.2) is 5.01 Å². The number of hydrazone groups is 1. The SMILES string of the molecule is COc1ccc(C2Oc3ccccc3C3CC(c4ccc(Cl)cc4)=NN32)c(OC)c1. The van der Waals surface area contributed by atoms with Crippen molar-refractivity contribution in [3.63, 3.8) is 0 Å². The first-order valence-corrected chi connectivity index (χ1v) is 10.1. The lowest BCUT2D eigenvalue weighted by atomic mass is 9.96. The van der Waals surface area contributed by atoms with Crippen LogP contribution in [0.25, 0.3) is 0 Å². The molecule has 152 valence electrons. The highest BCUT2D eigenvalue weighted by Gasteiger charge is 2.41. The highest BCUT2D eigenvalue weighted by atomic mass is 35.5. The molecule has 0 amide bonds. The molecule has 2 aliphatic heterocycles. The van der Waals surface area contributed by atoms with E-state index in [-0.39, 0.29) is 6.04 Å². The van der Waals surface area contributed by atoms with Crippen LogP contribution in [0, 0.1) is 0 Å². The van der Waals surface area contributed by atoms with Crippen LogP contribution in [-0.4, -0.2) is 24.9 Å². The number of para-hydroxylation sites is 1. The summed E-state index contributed by atoms with van der Waals surface area (Å²) >= 11 is 6.07. The van der Waals surface area contributed by atoms with Crippen LogP contribution in [0.4, 0.5) is 0 Å². The molecule has 3 aromatic rings. The number of hydrogen-bond donors (Lipinski definition) is 0. The van der Waals surface area contributed by atoms with Crippen LogP contribution in [0.2, 0.25) is 5.02 Å². The third kappa shape index (κ3) is 3.15. The van der Waals surface area contributed by atoms with Gasteiger partial charge >= 0.3 is 0 Å². The van der Waals surface area contributed by atoms with Gasteiger partial charge in [0.25, 0.3) is 0 Å². The van der Waals surface area contributed by atoms with Gasteiger partial charge in [0.05, 0.1) is 31.5 Å². The first-order valence-electron chi connectivity index (χ1n) is 9.77. The Morgan fingerprint density at radius 3 is 2.53 bits per heavy atom. The lowest BCUT2D eigenvalue weighted by Crippen LogP contribution is -2.33. The van der Waals surface area contributed by atoms with Crippen LogP contribution in [0.3, 0.4) is 0 Å². The second-order valence-corrected chi connectivity index (χ2v) is 7.71. The topological polar surface area (TPSA) is 43.3 Å². The molecule has 2 aliphatic rings. The molecule has 0 saturated heterocycles. The third-order valence-electron chi connectivity index (χ3n) is 5.58. The average molecular weight is 421 g/mol. The summed E-state index contributed by atoms with van der Waals surface area (Å²) < 4.78 is 17.4. The van der Waals surface area contributed by atoms with Crippen LogP contribution >= 0.6 is 11.6 Å². The molecule has 2 heterocycles. The second-order valence-electron chi connectivity index (χ2n) is 7.27. The highest BCUT2D eigenvalue weighted by molar-refractivity contribution is 6.30. The molecule has 30 heavy (non-hydrogen) atoms. The predicted molar refractivity (Wildman–Crippen MR) is 117 cm³/mol. The Hall–Kier alpha value is -3.18. The van der Waals surface area contributed by atoms with Crippen molar-refractivity contribution in [3.8, 4) is 17.2 Å². The molecule has 0 bridgehead atoms. The number of halogens is 1. The van der Waals surface area contributed by atoms with Gasteiger partial charge in [-0.05, 0) is 35.9 Å². The molecule has 0 aromatic heterocycles. The number of fused-ring (bicyclic) bond motifs is 3. The van der Waals surface area contributed by atoms with Crippen LogP contribution < -0.4 is 14.2 Å². The van der Waals surface area contributed by atoms with Crippen molar-refractivity contribution in [3.05, 3.63) is 88.4 Å². The Morgan fingerprint density at radius 1 is 0.967 bits per heavy atom. The van der Waals surface area contributed by atoms with Gasteiger partial charge < -0.3 is 14.2 Å². The second kappa shape index (κ2) is 7.58. The minimum atomic E-state index is -0.407. The molecule has 0 fully saturated rings. The summed E-state index contributed by atoms with van der Waals surface area (Å²) in [5.74, 6) is 2.30. The Kier molecular flexibility index (Phi) is 4.75. The van der Waals surface area contributed by atoms with Crippen LogP contribution in [0.5, 0.6) is 17.2 Å². The van der Waals surface area contributed by atoms with Crippen molar-refractivity contribution in [2.24, 2.45) is 5.10 Å². The number of ether oxygens (including phenoxy) is 3. The van der Waals surface area contributed by atoms with Gasteiger partial charge in [0, 0.05) is 23.1 Å². The van der Waals surface area contributed by atoms with E-state index in [1.54, 1.807) is 14.2 Å². The van der Waals surface area contributed by atoms with Gasteiger partial charge in [0.15, 0.2) is 0 Å². The average Bonchev–Trinajstić information content (AvgIpc) is 3.24. The molecule has 0 radical (unpaired) electrons. The maximum absolute atomic E-state index is 6.43. The van der Waals surface area contributed by atoms with Crippen molar-refractivity contribution in [1.29, 1.82) is 0 Å². The normalized spacial score (nSPS) is 19.4. The smallest absolute Gasteiger partial charge is 0.217 e. The third-order valence-corrected chi connectivity index (χ3v) is 5.84. The van der Waals surface area contributed by atoms with Gasteiger partial charge in [0.1, 0.15) is 17.2 Å². The van der Waals surface area contributed by atoms with Crippen LogP contribution in [0.15, 0.2) is 71.8 Å². The van der Waals surface area contributed by atoms with E-state index in [2.05, 4.69) is 6.07 Å². The fraction of sp³-hybridized carbons (Fsp3) is 0.208. The van der Waals surface area contributed by atoms with E-state index < -0.39 is 6.23 Å². The molecular formula is C24H21ClN2O3. The van der Waals surface area contributed by atoms with Gasteiger partial charge in [-0.1, -0.05) is 41.9 Å². The number of methoxy groups -OCH3 is 2. The molecule has 3 aromatic carbocycles. The minimum Gasteiger partial charge on any atom is -0.497 e. The van der Waals surface area contributed by atoms with E-state index in [0.29, 0.717) is 10.8 Å². The van der Waals surface area contributed by atoms with Crippen molar-refractivity contribution in [2.45, 2.75) is 18.7 Å². The van der Waals surface area contributed by atoms with Crippen molar-refractivity contribution >= 4 is 17.3 Å². The Bertz CT molecular complexity index is 1110. The summed E-state index contributed by atoms with van der Waals surface area (Å²) in [5.41, 5.74) is 4.11. The Balaban J connectivity index is 1.60. The Labute approximate surface area is 180 Å². The summed E-state index contributed by atoms with van der Waals surface area (Å²) in [4.78, 5) is 0. The summed E-state index contributed by atoms with van der Waals surface area (Å²) in [5, 5.41) is 7.73. The van der Waals surface area contributed by atoms with Crippen LogP contribution in [-0.2, 0) is 0 Å². The first kappa shape index (κ1) is 18.8. The zero-order valence-electron chi connectivity index (χ0n) is 16.7. The highest BCUT2D eigenvalue weighted by Crippen LogP contribution is 2.49. The summed E-state index contributed by atoms with van der Waals surface area (Å²) in [6.07, 6.45) is 0.382. The molecule has 6 heteroatoms. The lowest BCUT2D eigenvalue weighted by Gasteiger charge is -2.38. The van der Waals surface area contributed by atoms with Crippen LogP contribution in [0.1, 0.15) is 35.4 Å². The molecule has 2 unspecified atom stereocenters. The molecule has 0 aliphatic carbocycles. The van der Waals surface area contributed by atoms with E-state index in [4.69, 9.17) is 30.9 Å². The monoisotopic (exact) mass is 420 g/mol. The number of benzene rings is 3. The fourth-order valence-corrected chi connectivity index (χ4v) is 4.20. The molecule has 2 atom stereocenters. The van der Waals surface area contributed by atoms with Gasteiger partial charge in [0.2, 0.25) is 6.23 Å². The summed E-state index contributed by atoms with van der Waals surface area (Å²) in [7, 11) is 3.29. The van der Waals surface area contributed by atoms with Crippen molar-refractivity contribution in [2.75, 3.05) is 14.2 Å². The summed E-state index contributed by atoms with van der Waals surface area (Å²) in [6.45, 7) is 0. The molecule has 0 N–H and O–H groups in total. The maximum atomic E-state index is 6.43. The summed E-state index contributed by atoms with van der Waals surface area (Å²) in [6, 6.07) is 21.8. The Morgan fingerprint density at radius 2 is 1.77 bits per heavy atom. The fourth-order valence-electron chi connectivity index (χ4n) is 4.08. The van der Waals surface area contributed by atoms with E-state index >= 15 is 0 Å². The molecule has 0 saturated carbocycles. The first-order chi connectivity index (χ1) is 14.7. The van der Waals surface area contributed by atoms with Gasteiger partial charge in [-0.2, -0.15) is 5.10 Å². The van der Waals surface area contributed by atoms with E-state index in [0.717, 1.165) is 40.3 Å². The maximum Gasteiger partial charge on any atom is 0.217 e. The van der Waals surface area contributed by atoms with E-state index in [1.807, 2.05) is 65.7 Å². The minimum absolute atomic E-state index is 0.0810. The molecule has 5 nitrogen and oxygen atoms in total. The van der Waals surface area contributed by atoms with E-state index in [1.165, 1.54) is 0 Å². The zero-order valence-corrected chi connectivity index (χ0v) is 17.5. The number of nitrogens with zero attached hydrogens (tertiary/aromatic N) is 2. The number of hydrogen-bond acceptors (Lipinski definition) is 5. The van der Waals surface area contributed by atoms with Gasteiger partial charge in [-0.15, -0.1) is 0 Å². The molecule has 0 spiro atoms.